The second-order valence-corrected chi connectivity index (χ2v) is 5.85. The fourth-order valence-electron chi connectivity index (χ4n) is 1.67. The van der Waals surface area contributed by atoms with E-state index >= 15 is 0 Å². The minimum Gasteiger partial charge on any atom is -0.478 e. The van der Waals surface area contributed by atoms with E-state index in [4.69, 9.17) is 5.11 Å². The Morgan fingerprint density at radius 1 is 1.11 bits per heavy atom. The maximum atomic E-state index is 11.0. The zero-order valence-corrected chi connectivity index (χ0v) is 13.0. The minimum absolute atomic E-state index is 0.256. The maximum absolute atomic E-state index is 11.0. The summed E-state index contributed by atoms with van der Waals surface area (Å²) in [5, 5.41) is 12.2. The average molecular weight is 385 g/mol. The number of carboxylic acids is 1. The van der Waals surface area contributed by atoms with Crippen LogP contribution in [0.3, 0.4) is 0 Å². The molecule has 0 aliphatic carbocycles. The zero-order chi connectivity index (χ0) is 13.8. The first-order valence-electron chi connectivity index (χ1n) is 5.57. The highest BCUT2D eigenvalue weighted by molar-refractivity contribution is 9.10. The Hall–Kier alpha value is -1.33. The van der Waals surface area contributed by atoms with Crippen LogP contribution < -0.4 is 5.32 Å². The van der Waals surface area contributed by atoms with Crippen LogP contribution in [0.25, 0.3) is 0 Å². The van der Waals surface area contributed by atoms with Gasteiger partial charge in [0.05, 0.1) is 5.56 Å². The topological polar surface area (TPSA) is 49.3 Å². The van der Waals surface area contributed by atoms with Crippen molar-refractivity contribution in [3.8, 4) is 0 Å². The summed E-state index contributed by atoms with van der Waals surface area (Å²) in [6.07, 6.45) is 0. The quantitative estimate of drug-likeness (QED) is 0.814. The lowest BCUT2D eigenvalue weighted by molar-refractivity contribution is 0.0697. The third-order valence-corrected chi connectivity index (χ3v) is 3.48. The highest BCUT2D eigenvalue weighted by Gasteiger charge is 2.06. The van der Waals surface area contributed by atoms with Crippen molar-refractivity contribution in [1.82, 2.24) is 0 Å². The van der Waals surface area contributed by atoms with Gasteiger partial charge in [0.2, 0.25) is 0 Å². The van der Waals surface area contributed by atoms with Gasteiger partial charge in [-0.3, -0.25) is 0 Å². The number of aromatic carboxylic acids is 1. The fraction of sp³-hybridized carbons (Fsp3) is 0.0714. The molecule has 2 N–H and O–H groups in total. The molecule has 0 saturated carbocycles. The van der Waals surface area contributed by atoms with Gasteiger partial charge in [0.25, 0.3) is 0 Å². The lowest BCUT2D eigenvalue weighted by Gasteiger charge is -2.08. The van der Waals surface area contributed by atoms with Gasteiger partial charge in [0, 0.05) is 21.2 Å². The Kier molecular flexibility index (Phi) is 4.61. The first-order chi connectivity index (χ1) is 9.04. The first-order valence-corrected chi connectivity index (χ1v) is 7.15. The number of hydrogen-bond acceptors (Lipinski definition) is 2. The number of halogens is 2. The number of carbonyl (C=O) groups is 1. The highest BCUT2D eigenvalue weighted by Crippen LogP contribution is 2.21. The molecule has 3 nitrogen and oxygen atoms in total. The van der Waals surface area contributed by atoms with E-state index < -0.39 is 5.97 Å². The number of rotatable bonds is 4. The molecule has 0 amide bonds. The van der Waals surface area contributed by atoms with E-state index in [1.54, 1.807) is 12.1 Å². The Morgan fingerprint density at radius 3 is 2.58 bits per heavy atom. The van der Waals surface area contributed by atoms with Crippen molar-refractivity contribution in [1.29, 1.82) is 0 Å². The zero-order valence-electron chi connectivity index (χ0n) is 9.86. The van der Waals surface area contributed by atoms with Crippen molar-refractivity contribution in [2.24, 2.45) is 0 Å². The Labute approximate surface area is 127 Å². The molecule has 0 unspecified atom stereocenters. The summed E-state index contributed by atoms with van der Waals surface area (Å²) in [4.78, 5) is 11.0. The van der Waals surface area contributed by atoms with Crippen LogP contribution >= 0.6 is 31.9 Å². The molecule has 2 aromatic carbocycles. The summed E-state index contributed by atoms with van der Waals surface area (Å²) in [5.41, 5.74) is 2.14. The number of hydrogen-bond donors (Lipinski definition) is 2. The third kappa shape index (κ3) is 4.08. The monoisotopic (exact) mass is 383 g/mol. The van der Waals surface area contributed by atoms with E-state index in [9.17, 15) is 4.79 Å². The summed E-state index contributed by atoms with van der Waals surface area (Å²) < 4.78 is 1.76. The molecule has 19 heavy (non-hydrogen) atoms. The molecule has 98 valence electrons. The van der Waals surface area contributed by atoms with Crippen LogP contribution in [-0.4, -0.2) is 11.1 Å². The molecule has 0 atom stereocenters. The van der Waals surface area contributed by atoms with Crippen molar-refractivity contribution in [3.63, 3.8) is 0 Å². The van der Waals surface area contributed by atoms with Crippen LogP contribution in [0.15, 0.2) is 51.4 Å². The number of anilines is 1. The Balaban J connectivity index is 2.13. The Bertz CT molecular complexity index is 614. The van der Waals surface area contributed by atoms with E-state index in [0.29, 0.717) is 6.54 Å². The van der Waals surface area contributed by atoms with Crippen LogP contribution in [0.1, 0.15) is 15.9 Å². The molecule has 0 heterocycles. The standard InChI is InChI=1S/C14H11Br2NO2/c15-11-3-1-2-9(4-11)8-17-13-6-10(14(18)19)5-12(16)7-13/h1-7,17H,8H2,(H,18,19). The molecule has 5 heteroatoms. The van der Waals surface area contributed by atoms with Crippen LogP contribution in [-0.2, 0) is 6.54 Å². The lowest BCUT2D eigenvalue weighted by atomic mass is 10.2. The van der Waals surface area contributed by atoms with E-state index in [0.717, 1.165) is 20.2 Å². The molecule has 0 aliphatic rings. The largest absolute Gasteiger partial charge is 0.478 e. The minimum atomic E-state index is -0.938. The molecule has 2 aromatic rings. The Morgan fingerprint density at radius 2 is 1.89 bits per heavy atom. The lowest BCUT2D eigenvalue weighted by Crippen LogP contribution is -2.02. The van der Waals surface area contributed by atoms with Gasteiger partial charge in [-0.1, -0.05) is 44.0 Å². The highest BCUT2D eigenvalue weighted by atomic mass is 79.9. The predicted molar refractivity (Wildman–Crippen MR) is 82.6 cm³/mol. The molecule has 0 aromatic heterocycles. The molecule has 0 bridgehead atoms. The van der Waals surface area contributed by atoms with E-state index in [1.165, 1.54) is 0 Å². The van der Waals surface area contributed by atoms with E-state index in [-0.39, 0.29) is 5.56 Å². The van der Waals surface area contributed by atoms with Gasteiger partial charge in [0.15, 0.2) is 0 Å². The molecule has 0 spiro atoms. The maximum Gasteiger partial charge on any atom is 0.335 e. The number of carboxylic acid groups (broad SMARTS) is 1. The van der Waals surface area contributed by atoms with Gasteiger partial charge < -0.3 is 10.4 Å². The molecule has 0 aliphatic heterocycles. The van der Waals surface area contributed by atoms with Gasteiger partial charge in [0.1, 0.15) is 0 Å². The fourth-order valence-corrected chi connectivity index (χ4v) is 2.61. The summed E-state index contributed by atoms with van der Waals surface area (Å²) in [5.74, 6) is -0.938. The van der Waals surface area contributed by atoms with E-state index in [1.807, 2.05) is 30.3 Å². The molecular weight excluding hydrogens is 374 g/mol. The van der Waals surface area contributed by atoms with Crippen LogP contribution in [0.4, 0.5) is 5.69 Å². The van der Waals surface area contributed by atoms with Crippen molar-refractivity contribution in [3.05, 3.63) is 62.5 Å². The van der Waals surface area contributed by atoms with Gasteiger partial charge in [-0.25, -0.2) is 4.79 Å². The second kappa shape index (κ2) is 6.21. The molecule has 0 radical (unpaired) electrons. The average Bonchev–Trinajstić information content (AvgIpc) is 2.36. The van der Waals surface area contributed by atoms with Crippen LogP contribution in [0.2, 0.25) is 0 Å². The van der Waals surface area contributed by atoms with Gasteiger partial charge in [-0.05, 0) is 35.9 Å². The number of nitrogens with one attached hydrogen (secondary N) is 1. The third-order valence-electron chi connectivity index (χ3n) is 2.53. The van der Waals surface area contributed by atoms with Gasteiger partial charge in [-0.2, -0.15) is 0 Å². The molecule has 0 fully saturated rings. The molecule has 0 saturated heterocycles. The van der Waals surface area contributed by atoms with Crippen molar-refractivity contribution in [2.75, 3.05) is 5.32 Å². The SMILES string of the molecule is O=C(O)c1cc(Br)cc(NCc2cccc(Br)c2)c1. The van der Waals surface area contributed by atoms with Gasteiger partial charge >= 0.3 is 5.97 Å². The summed E-state index contributed by atoms with van der Waals surface area (Å²) in [6.45, 7) is 0.634. The smallest absolute Gasteiger partial charge is 0.335 e. The number of benzene rings is 2. The molecule has 2 rings (SSSR count). The van der Waals surface area contributed by atoms with E-state index in [2.05, 4.69) is 37.2 Å². The normalized spacial score (nSPS) is 10.2. The molecular formula is C14H11Br2NO2. The second-order valence-electron chi connectivity index (χ2n) is 4.02. The van der Waals surface area contributed by atoms with Crippen molar-refractivity contribution in [2.45, 2.75) is 6.54 Å². The summed E-state index contributed by atoms with van der Waals surface area (Å²) >= 11 is 6.73. The predicted octanol–water partition coefficient (Wildman–Crippen LogP) is 4.52. The summed E-state index contributed by atoms with van der Waals surface area (Å²) in [7, 11) is 0. The summed E-state index contributed by atoms with van der Waals surface area (Å²) in [6, 6.07) is 13.0. The van der Waals surface area contributed by atoms with Crippen molar-refractivity contribution < 1.29 is 9.90 Å². The van der Waals surface area contributed by atoms with Crippen molar-refractivity contribution >= 4 is 43.5 Å². The van der Waals surface area contributed by atoms with Gasteiger partial charge in [-0.15, -0.1) is 0 Å². The first kappa shape index (κ1) is 14.1. The van der Waals surface area contributed by atoms with Crippen LogP contribution in [0.5, 0.6) is 0 Å². The van der Waals surface area contributed by atoms with Crippen LogP contribution in [0, 0.1) is 0 Å².